The number of alkyl halides is 4. The highest BCUT2D eigenvalue weighted by Crippen LogP contribution is 2.34. The number of rotatable bonds is 3. The van der Waals surface area contributed by atoms with Gasteiger partial charge in [-0.25, -0.2) is 4.39 Å². The molecule has 0 saturated heterocycles. The van der Waals surface area contributed by atoms with E-state index in [9.17, 15) is 17.6 Å². The van der Waals surface area contributed by atoms with Crippen molar-refractivity contribution in [3.63, 3.8) is 0 Å². The highest BCUT2D eigenvalue weighted by molar-refractivity contribution is 9.08. The summed E-state index contributed by atoms with van der Waals surface area (Å²) in [5.74, 6) is -0.841. The maximum absolute atomic E-state index is 13.7. The van der Waals surface area contributed by atoms with Crippen molar-refractivity contribution in [3.8, 4) is 16.9 Å². The molecule has 0 spiro atoms. The second-order valence-electron chi connectivity index (χ2n) is 3.98. The van der Waals surface area contributed by atoms with Crippen molar-refractivity contribution in [1.29, 1.82) is 0 Å². The lowest BCUT2D eigenvalue weighted by Crippen LogP contribution is -2.17. The minimum atomic E-state index is -4.79. The molecule has 0 aromatic heterocycles. The van der Waals surface area contributed by atoms with E-state index >= 15 is 0 Å². The Morgan fingerprint density at radius 3 is 2.35 bits per heavy atom. The molecular weight excluding hydrogens is 340 g/mol. The molecule has 2 rings (SSSR count). The summed E-state index contributed by atoms with van der Waals surface area (Å²) in [6.45, 7) is 0. The van der Waals surface area contributed by atoms with E-state index in [4.69, 9.17) is 0 Å². The summed E-state index contributed by atoms with van der Waals surface area (Å²) in [7, 11) is 0. The average Bonchev–Trinajstić information content (AvgIpc) is 2.37. The first-order valence-corrected chi connectivity index (χ1v) is 6.72. The molecule has 0 fully saturated rings. The van der Waals surface area contributed by atoms with Gasteiger partial charge in [-0.2, -0.15) is 0 Å². The molecule has 0 aliphatic rings. The third-order valence-electron chi connectivity index (χ3n) is 2.62. The van der Waals surface area contributed by atoms with Gasteiger partial charge < -0.3 is 4.74 Å². The molecule has 6 heteroatoms. The van der Waals surface area contributed by atoms with E-state index in [0.29, 0.717) is 16.5 Å². The standard InChI is InChI=1S/C14H9BrF4O/c15-8-10-6-5-9(7-12(10)16)11-3-1-2-4-13(11)20-14(17,18)19/h1-7H,8H2. The van der Waals surface area contributed by atoms with Crippen LogP contribution in [0.1, 0.15) is 5.56 Å². The Bertz CT molecular complexity index is 610. The van der Waals surface area contributed by atoms with Crippen molar-refractivity contribution in [3.05, 3.63) is 53.8 Å². The first kappa shape index (κ1) is 14.8. The molecule has 1 nitrogen and oxygen atoms in total. The Morgan fingerprint density at radius 1 is 1.05 bits per heavy atom. The molecule has 0 amide bonds. The van der Waals surface area contributed by atoms with E-state index in [1.165, 1.54) is 30.3 Å². The van der Waals surface area contributed by atoms with Crippen molar-refractivity contribution in [2.24, 2.45) is 0 Å². The van der Waals surface area contributed by atoms with Crippen molar-refractivity contribution in [2.75, 3.05) is 0 Å². The molecular formula is C14H9BrF4O. The van der Waals surface area contributed by atoms with E-state index in [1.54, 1.807) is 12.1 Å². The molecule has 0 aliphatic carbocycles. The zero-order valence-electron chi connectivity index (χ0n) is 10.0. The van der Waals surface area contributed by atoms with Crippen LogP contribution >= 0.6 is 15.9 Å². The number of hydrogen-bond acceptors (Lipinski definition) is 1. The van der Waals surface area contributed by atoms with Gasteiger partial charge in [0.05, 0.1) is 0 Å². The zero-order valence-corrected chi connectivity index (χ0v) is 11.6. The van der Waals surface area contributed by atoms with Crippen LogP contribution < -0.4 is 4.74 Å². The first-order chi connectivity index (χ1) is 9.40. The lowest BCUT2D eigenvalue weighted by atomic mass is 10.0. The fraction of sp³-hybridized carbons (Fsp3) is 0.143. The Balaban J connectivity index is 2.45. The Morgan fingerprint density at radius 2 is 1.75 bits per heavy atom. The quantitative estimate of drug-likeness (QED) is 0.541. The predicted octanol–water partition coefficient (Wildman–Crippen LogP) is 5.29. The van der Waals surface area contributed by atoms with Gasteiger partial charge in [-0.1, -0.05) is 46.3 Å². The molecule has 2 aromatic rings. The third kappa shape index (κ3) is 3.50. The van der Waals surface area contributed by atoms with Gasteiger partial charge in [0, 0.05) is 10.9 Å². The van der Waals surface area contributed by atoms with Crippen LogP contribution in [-0.2, 0) is 5.33 Å². The lowest BCUT2D eigenvalue weighted by Gasteiger charge is -2.13. The molecule has 0 saturated carbocycles. The van der Waals surface area contributed by atoms with E-state index in [0.717, 1.165) is 0 Å². The Kier molecular flexibility index (Phi) is 4.32. The number of halogens is 5. The molecule has 0 atom stereocenters. The summed E-state index contributed by atoms with van der Waals surface area (Å²) < 4.78 is 54.7. The van der Waals surface area contributed by atoms with Crippen molar-refractivity contribution >= 4 is 15.9 Å². The summed E-state index contributed by atoms with van der Waals surface area (Å²) in [6.07, 6.45) is -4.79. The minimum Gasteiger partial charge on any atom is -0.405 e. The van der Waals surface area contributed by atoms with Gasteiger partial charge in [0.1, 0.15) is 11.6 Å². The maximum Gasteiger partial charge on any atom is 0.573 e. The molecule has 0 radical (unpaired) electrons. The SMILES string of the molecule is Fc1cc(-c2ccccc2OC(F)(F)F)ccc1CBr. The third-order valence-corrected chi connectivity index (χ3v) is 3.22. The van der Waals surface area contributed by atoms with Crippen LogP contribution in [0.25, 0.3) is 11.1 Å². The highest BCUT2D eigenvalue weighted by Gasteiger charge is 2.32. The number of benzene rings is 2. The molecule has 0 bridgehead atoms. The summed E-state index contributed by atoms with van der Waals surface area (Å²) in [5.41, 5.74) is 0.944. The van der Waals surface area contributed by atoms with Crippen LogP contribution in [-0.4, -0.2) is 6.36 Å². The fourth-order valence-corrected chi connectivity index (χ4v) is 2.20. The molecule has 0 heterocycles. The average molecular weight is 349 g/mol. The second-order valence-corrected chi connectivity index (χ2v) is 4.54. The molecule has 20 heavy (non-hydrogen) atoms. The predicted molar refractivity (Wildman–Crippen MR) is 71.2 cm³/mol. The highest BCUT2D eigenvalue weighted by atomic mass is 79.9. The van der Waals surface area contributed by atoms with Gasteiger partial charge in [0.15, 0.2) is 0 Å². The van der Waals surface area contributed by atoms with Crippen molar-refractivity contribution < 1.29 is 22.3 Å². The minimum absolute atomic E-state index is 0.185. The van der Waals surface area contributed by atoms with Gasteiger partial charge in [0.2, 0.25) is 0 Å². The molecule has 106 valence electrons. The molecule has 0 aliphatic heterocycles. The summed E-state index contributed by atoms with van der Waals surface area (Å²) in [4.78, 5) is 0. The maximum atomic E-state index is 13.7. The van der Waals surface area contributed by atoms with Gasteiger partial charge in [-0.3, -0.25) is 0 Å². The van der Waals surface area contributed by atoms with Crippen molar-refractivity contribution in [1.82, 2.24) is 0 Å². The number of ether oxygens (including phenoxy) is 1. The van der Waals surface area contributed by atoms with Gasteiger partial charge >= 0.3 is 6.36 Å². The normalized spacial score (nSPS) is 11.4. The summed E-state index contributed by atoms with van der Waals surface area (Å²) >= 11 is 3.13. The molecule has 0 N–H and O–H groups in total. The van der Waals surface area contributed by atoms with Crippen LogP contribution in [0, 0.1) is 5.82 Å². The van der Waals surface area contributed by atoms with Gasteiger partial charge in [0.25, 0.3) is 0 Å². The van der Waals surface area contributed by atoms with Crippen LogP contribution in [0.4, 0.5) is 17.6 Å². The van der Waals surface area contributed by atoms with Crippen LogP contribution in [0.3, 0.4) is 0 Å². The first-order valence-electron chi connectivity index (χ1n) is 5.60. The fourth-order valence-electron chi connectivity index (χ4n) is 1.74. The van der Waals surface area contributed by atoms with Crippen molar-refractivity contribution in [2.45, 2.75) is 11.7 Å². The van der Waals surface area contributed by atoms with Gasteiger partial charge in [-0.15, -0.1) is 13.2 Å². The van der Waals surface area contributed by atoms with Crippen LogP contribution in [0.5, 0.6) is 5.75 Å². The van der Waals surface area contributed by atoms with E-state index < -0.39 is 12.2 Å². The summed E-state index contributed by atoms with van der Waals surface area (Å²) in [5, 5.41) is 0.333. The largest absolute Gasteiger partial charge is 0.573 e. The molecule has 0 unspecified atom stereocenters. The molecule has 2 aromatic carbocycles. The lowest BCUT2D eigenvalue weighted by molar-refractivity contribution is -0.274. The zero-order chi connectivity index (χ0) is 14.8. The Hall–Kier alpha value is -1.56. The number of hydrogen-bond donors (Lipinski definition) is 0. The second kappa shape index (κ2) is 5.83. The monoisotopic (exact) mass is 348 g/mol. The van der Waals surface area contributed by atoms with E-state index in [1.807, 2.05) is 0 Å². The van der Waals surface area contributed by atoms with Crippen LogP contribution in [0.15, 0.2) is 42.5 Å². The smallest absolute Gasteiger partial charge is 0.405 e. The van der Waals surface area contributed by atoms with E-state index in [-0.39, 0.29) is 11.3 Å². The van der Waals surface area contributed by atoms with Gasteiger partial charge in [-0.05, 0) is 23.3 Å². The van der Waals surface area contributed by atoms with Crippen LogP contribution in [0.2, 0.25) is 0 Å². The van der Waals surface area contributed by atoms with E-state index in [2.05, 4.69) is 20.7 Å². The Labute approximate surface area is 121 Å². The summed E-state index contributed by atoms with van der Waals surface area (Å²) in [6, 6.07) is 9.89. The topological polar surface area (TPSA) is 9.23 Å². The number of para-hydroxylation sites is 1.